The van der Waals surface area contributed by atoms with Crippen molar-refractivity contribution in [2.75, 3.05) is 32.8 Å². The van der Waals surface area contributed by atoms with Crippen molar-refractivity contribution in [2.45, 2.75) is 53.0 Å². The summed E-state index contributed by atoms with van der Waals surface area (Å²) in [4.78, 5) is 2.56. The predicted molar refractivity (Wildman–Crippen MR) is 77.8 cm³/mol. The summed E-state index contributed by atoms with van der Waals surface area (Å²) in [5.41, 5.74) is 0.457. The number of rotatable bonds is 6. The Labute approximate surface area is 113 Å². The highest BCUT2D eigenvalue weighted by Gasteiger charge is 2.29. The minimum Gasteiger partial charge on any atom is -0.396 e. The average molecular weight is 256 g/mol. The van der Waals surface area contributed by atoms with Gasteiger partial charge in [0.25, 0.3) is 0 Å². The molecular formula is C15H32N2O. The topological polar surface area (TPSA) is 35.5 Å². The summed E-state index contributed by atoms with van der Waals surface area (Å²) < 4.78 is 0. The molecule has 1 fully saturated rings. The smallest absolute Gasteiger partial charge is 0.0446 e. The number of piperidine rings is 1. The summed E-state index contributed by atoms with van der Waals surface area (Å²) in [6.07, 6.45) is 3.51. The van der Waals surface area contributed by atoms with Crippen LogP contribution >= 0.6 is 0 Å². The third kappa shape index (κ3) is 5.25. The summed E-state index contributed by atoms with van der Waals surface area (Å²) in [7, 11) is 0. The van der Waals surface area contributed by atoms with Crippen LogP contribution in [0.15, 0.2) is 0 Å². The van der Waals surface area contributed by atoms with E-state index in [0.717, 1.165) is 25.4 Å². The van der Waals surface area contributed by atoms with Crippen LogP contribution in [0.3, 0.4) is 0 Å². The fourth-order valence-electron chi connectivity index (χ4n) is 3.00. The zero-order valence-electron chi connectivity index (χ0n) is 12.7. The van der Waals surface area contributed by atoms with Crippen molar-refractivity contribution in [3.8, 4) is 0 Å². The fourth-order valence-corrected chi connectivity index (χ4v) is 3.00. The molecule has 1 aliphatic heterocycles. The molecule has 3 nitrogen and oxygen atoms in total. The predicted octanol–water partition coefficient (Wildman–Crippen LogP) is 2.10. The molecule has 108 valence electrons. The first-order chi connectivity index (χ1) is 8.47. The number of aliphatic hydroxyl groups excluding tert-OH is 1. The number of likely N-dealkylation sites (N-methyl/N-ethyl adjacent to an activating group) is 1. The number of hydrogen-bond acceptors (Lipinski definition) is 3. The lowest BCUT2D eigenvalue weighted by molar-refractivity contribution is 0.102. The zero-order chi connectivity index (χ0) is 13.6. The molecule has 1 aliphatic rings. The summed E-state index contributed by atoms with van der Waals surface area (Å²) >= 11 is 0. The van der Waals surface area contributed by atoms with Gasteiger partial charge in [-0.2, -0.15) is 0 Å². The normalized spacial score (nSPS) is 21.2. The van der Waals surface area contributed by atoms with E-state index < -0.39 is 0 Å². The van der Waals surface area contributed by atoms with E-state index in [0.29, 0.717) is 11.5 Å². The molecular weight excluding hydrogens is 224 g/mol. The summed E-state index contributed by atoms with van der Waals surface area (Å²) in [5.74, 6) is 0.865. The van der Waals surface area contributed by atoms with Crippen molar-refractivity contribution in [2.24, 2.45) is 11.3 Å². The molecule has 0 radical (unpaired) electrons. The zero-order valence-corrected chi connectivity index (χ0v) is 12.7. The molecule has 18 heavy (non-hydrogen) atoms. The van der Waals surface area contributed by atoms with Crippen molar-refractivity contribution in [1.29, 1.82) is 0 Å². The average Bonchev–Trinajstić information content (AvgIpc) is 2.29. The third-order valence-corrected chi connectivity index (χ3v) is 4.26. The van der Waals surface area contributed by atoms with Crippen LogP contribution in [0.5, 0.6) is 0 Å². The molecule has 3 heteroatoms. The Hall–Kier alpha value is -0.120. The van der Waals surface area contributed by atoms with Crippen LogP contribution in [0.4, 0.5) is 0 Å². The van der Waals surface area contributed by atoms with Gasteiger partial charge in [-0.05, 0) is 50.2 Å². The largest absolute Gasteiger partial charge is 0.396 e. The fraction of sp³-hybridized carbons (Fsp3) is 1.00. The summed E-state index contributed by atoms with van der Waals surface area (Å²) in [6, 6.07) is 0.450. The van der Waals surface area contributed by atoms with E-state index in [1.54, 1.807) is 0 Å². The Kier molecular flexibility index (Phi) is 6.61. The highest BCUT2D eigenvalue weighted by atomic mass is 16.3. The monoisotopic (exact) mass is 256 g/mol. The molecule has 0 saturated carbocycles. The summed E-state index contributed by atoms with van der Waals surface area (Å²) in [5, 5.41) is 12.6. The van der Waals surface area contributed by atoms with Crippen molar-refractivity contribution in [3.05, 3.63) is 0 Å². The number of nitrogens with zero attached hydrogens (tertiary/aromatic N) is 1. The lowest BCUT2D eigenvalue weighted by atomic mass is 9.75. The van der Waals surface area contributed by atoms with E-state index in [2.05, 4.69) is 37.9 Å². The Morgan fingerprint density at radius 1 is 1.28 bits per heavy atom. The van der Waals surface area contributed by atoms with Gasteiger partial charge in [-0.1, -0.05) is 27.7 Å². The second kappa shape index (κ2) is 7.46. The molecule has 0 amide bonds. The van der Waals surface area contributed by atoms with E-state index in [4.69, 9.17) is 5.11 Å². The second-order valence-electron chi connectivity index (χ2n) is 6.71. The van der Waals surface area contributed by atoms with Gasteiger partial charge in [0, 0.05) is 19.2 Å². The number of hydrogen-bond donors (Lipinski definition) is 2. The molecule has 0 aromatic carbocycles. The number of nitrogens with one attached hydrogen (secondary N) is 1. The van der Waals surface area contributed by atoms with E-state index in [1.165, 1.54) is 25.9 Å². The van der Waals surface area contributed by atoms with Crippen LogP contribution in [-0.4, -0.2) is 48.8 Å². The molecule has 2 N–H and O–H groups in total. The second-order valence-corrected chi connectivity index (χ2v) is 6.71. The van der Waals surface area contributed by atoms with Gasteiger partial charge in [-0.3, -0.25) is 0 Å². The van der Waals surface area contributed by atoms with Crippen LogP contribution < -0.4 is 5.32 Å². The van der Waals surface area contributed by atoms with Crippen molar-refractivity contribution in [3.63, 3.8) is 0 Å². The quantitative estimate of drug-likeness (QED) is 0.764. The maximum absolute atomic E-state index is 9.08. The minimum atomic E-state index is 0.288. The SMILES string of the molecule is CCNC(CCO)CN1CCC(C(C)(C)C)CC1. The van der Waals surface area contributed by atoms with Crippen molar-refractivity contribution < 1.29 is 5.11 Å². The molecule has 0 aliphatic carbocycles. The van der Waals surface area contributed by atoms with Crippen LogP contribution in [0.2, 0.25) is 0 Å². The van der Waals surface area contributed by atoms with Gasteiger partial charge < -0.3 is 15.3 Å². The van der Waals surface area contributed by atoms with Gasteiger partial charge in [-0.25, -0.2) is 0 Å². The molecule has 0 aromatic heterocycles. The van der Waals surface area contributed by atoms with E-state index in [9.17, 15) is 0 Å². The van der Waals surface area contributed by atoms with Crippen LogP contribution in [0.1, 0.15) is 47.0 Å². The first-order valence-electron chi connectivity index (χ1n) is 7.54. The highest BCUT2D eigenvalue weighted by molar-refractivity contribution is 4.82. The first kappa shape index (κ1) is 15.9. The summed E-state index contributed by atoms with van der Waals surface area (Å²) in [6.45, 7) is 14.0. The Bertz CT molecular complexity index is 211. The van der Waals surface area contributed by atoms with Gasteiger partial charge in [0.2, 0.25) is 0 Å². The third-order valence-electron chi connectivity index (χ3n) is 4.26. The Balaban J connectivity index is 2.33. The maximum atomic E-state index is 9.08. The molecule has 1 heterocycles. The van der Waals surface area contributed by atoms with Gasteiger partial charge >= 0.3 is 0 Å². The molecule has 1 atom stereocenters. The molecule has 0 spiro atoms. The van der Waals surface area contributed by atoms with Gasteiger partial charge in [0.05, 0.1) is 0 Å². The lowest BCUT2D eigenvalue weighted by Gasteiger charge is -2.39. The van der Waals surface area contributed by atoms with E-state index >= 15 is 0 Å². The van der Waals surface area contributed by atoms with Crippen molar-refractivity contribution in [1.82, 2.24) is 10.2 Å². The van der Waals surface area contributed by atoms with Crippen LogP contribution in [0, 0.1) is 11.3 Å². The van der Waals surface area contributed by atoms with Crippen molar-refractivity contribution >= 4 is 0 Å². The molecule has 1 rings (SSSR count). The maximum Gasteiger partial charge on any atom is 0.0446 e. The number of aliphatic hydroxyl groups is 1. The van der Waals surface area contributed by atoms with Gasteiger partial charge in [0.15, 0.2) is 0 Å². The Morgan fingerprint density at radius 3 is 2.33 bits per heavy atom. The van der Waals surface area contributed by atoms with Gasteiger partial charge in [0.1, 0.15) is 0 Å². The van der Waals surface area contributed by atoms with E-state index in [-0.39, 0.29) is 6.61 Å². The molecule has 1 unspecified atom stereocenters. The number of likely N-dealkylation sites (tertiary alicyclic amines) is 1. The molecule has 0 aromatic rings. The van der Waals surface area contributed by atoms with Gasteiger partial charge in [-0.15, -0.1) is 0 Å². The molecule has 1 saturated heterocycles. The Morgan fingerprint density at radius 2 is 1.89 bits per heavy atom. The molecule has 0 bridgehead atoms. The highest BCUT2D eigenvalue weighted by Crippen LogP contribution is 2.34. The van der Waals surface area contributed by atoms with E-state index in [1.807, 2.05) is 0 Å². The lowest BCUT2D eigenvalue weighted by Crippen LogP contribution is -2.45. The van der Waals surface area contributed by atoms with Crippen LogP contribution in [-0.2, 0) is 0 Å². The first-order valence-corrected chi connectivity index (χ1v) is 7.54. The minimum absolute atomic E-state index is 0.288. The standard InChI is InChI=1S/C15H32N2O/c1-5-16-14(8-11-18)12-17-9-6-13(7-10-17)15(2,3)4/h13-14,16,18H,5-12H2,1-4H3. The van der Waals surface area contributed by atoms with Crippen LogP contribution in [0.25, 0.3) is 0 Å².